The second kappa shape index (κ2) is 12.3. The van der Waals surface area contributed by atoms with Crippen LogP contribution in [0.1, 0.15) is 55.2 Å². The van der Waals surface area contributed by atoms with E-state index in [-0.39, 0.29) is 17.7 Å². The van der Waals surface area contributed by atoms with Crippen molar-refractivity contribution in [2.24, 2.45) is 11.8 Å². The van der Waals surface area contributed by atoms with E-state index in [2.05, 4.69) is 24.8 Å². The molecule has 0 radical (unpaired) electrons. The number of aryl methyl sites for hydroxylation is 2. The largest absolute Gasteiger partial charge is 0.479 e. The van der Waals surface area contributed by atoms with E-state index >= 15 is 0 Å². The molecule has 1 N–H and O–H groups in total. The molecule has 0 bridgehead atoms. The van der Waals surface area contributed by atoms with Crippen molar-refractivity contribution in [1.82, 2.24) is 9.88 Å². The smallest absolute Gasteiger partial charge is 0.332 e. The number of benzene rings is 2. The van der Waals surface area contributed by atoms with Crippen molar-refractivity contribution in [2.75, 3.05) is 26.7 Å². The minimum Gasteiger partial charge on any atom is -0.479 e. The first-order valence-electron chi connectivity index (χ1n) is 13.0. The van der Waals surface area contributed by atoms with Gasteiger partial charge in [-0.2, -0.15) is 0 Å². The van der Waals surface area contributed by atoms with Crippen molar-refractivity contribution in [3.05, 3.63) is 64.4 Å². The Hall–Kier alpha value is -2.35. The van der Waals surface area contributed by atoms with Crippen LogP contribution in [0.5, 0.6) is 0 Å². The van der Waals surface area contributed by atoms with E-state index in [1.807, 2.05) is 31.3 Å². The molecule has 1 aromatic heterocycles. The standard InChI is InChI=1S/C29H37FN2O3S/c1-19(2)28-21(11-10-20-17-22(30)12-13-23(20)28)18-35-25(29(33)34)14-16-32(3)15-6-9-27-31-24-7-4-5-8-26(24)36-27/h4-5,7-8,12-13,17,19,21,25,28H,6,9-11,14-16,18H2,1-3H3,(H,33,34)/t21?,25-,28-/m0/s1. The van der Waals surface area contributed by atoms with Gasteiger partial charge in [0.2, 0.25) is 0 Å². The van der Waals surface area contributed by atoms with E-state index in [1.54, 1.807) is 17.4 Å². The van der Waals surface area contributed by atoms with Crippen molar-refractivity contribution in [3.8, 4) is 0 Å². The molecule has 0 fully saturated rings. The zero-order valence-corrected chi connectivity index (χ0v) is 22.3. The van der Waals surface area contributed by atoms with Crippen LogP contribution in [0.2, 0.25) is 0 Å². The lowest BCUT2D eigenvalue weighted by Crippen LogP contribution is -2.34. The molecular formula is C29H37FN2O3S. The molecule has 0 spiro atoms. The molecule has 1 aliphatic carbocycles. The molecule has 4 rings (SSSR count). The lowest BCUT2D eigenvalue weighted by Gasteiger charge is -2.36. The third-order valence-electron chi connectivity index (χ3n) is 7.30. The number of carboxylic acids is 1. The molecule has 3 atom stereocenters. The van der Waals surface area contributed by atoms with E-state index in [0.717, 1.165) is 48.3 Å². The van der Waals surface area contributed by atoms with Crippen LogP contribution in [0.25, 0.3) is 10.2 Å². The summed E-state index contributed by atoms with van der Waals surface area (Å²) in [6.07, 6.45) is 3.23. The number of halogens is 1. The average Bonchev–Trinajstić information content (AvgIpc) is 3.26. The third-order valence-corrected chi connectivity index (χ3v) is 8.40. The molecule has 36 heavy (non-hydrogen) atoms. The Morgan fingerprint density at radius 2 is 2.06 bits per heavy atom. The number of hydrogen-bond donors (Lipinski definition) is 1. The Kier molecular flexibility index (Phi) is 9.09. The topological polar surface area (TPSA) is 62.7 Å². The predicted molar refractivity (Wildman–Crippen MR) is 143 cm³/mol. The van der Waals surface area contributed by atoms with Gasteiger partial charge in [-0.25, -0.2) is 14.2 Å². The summed E-state index contributed by atoms with van der Waals surface area (Å²) in [6, 6.07) is 13.3. The minimum absolute atomic E-state index is 0.193. The van der Waals surface area contributed by atoms with Crippen LogP contribution in [0.3, 0.4) is 0 Å². The van der Waals surface area contributed by atoms with E-state index in [1.165, 1.54) is 16.3 Å². The quantitative estimate of drug-likeness (QED) is 0.315. The van der Waals surface area contributed by atoms with E-state index in [4.69, 9.17) is 9.72 Å². The second-order valence-electron chi connectivity index (χ2n) is 10.3. The van der Waals surface area contributed by atoms with Gasteiger partial charge in [-0.15, -0.1) is 11.3 Å². The van der Waals surface area contributed by atoms with Crippen LogP contribution in [-0.2, 0) is 22.4 Å². The number of aromatic nitrogens is 1. The van der Waals surface area contributed by atoms with Crippen molar-refractivity contribution in [3.63, 3.8) is 0 Å². The van der Waals surface area contributed by atoms with E-state index in [9.17, 15) is 14.3 Å². The molecular weight excluding hydrogens is 475 g/mol. The van der Waals surface area contributed by atoms with Crippen LogP contribution in [-0.4, -0.2) is 53.8 Å². The Morgan fingerprint density at radius 3 is 2.81 bits per heavy atom. The van der Waals surface area contributed by atoms with Crippen molar-refractivity contribution < 1.29 is 19.0 Å². The molecule has 194 valence electrons. The highest BCUT2D eigenvalue weighted by atomic mass is 32.1. The number of carbonyl (C=O) groups is 1. The number of fused-ring (bicyclic) bond motifs is 2. The lowest BCUT2D eigenvalue weighted by atomic mass is 9.70. The molecule has 7 heteroatoms. The van der Waals surface area contributed by atoms with Crippen LogP contribution in [0, 0.1) is 17.7 Å². The summed E-state index contributed by atoms with van der Waals surface area (Å²) < 4.78 is 21.0. The number of hydrogen-bond acceptors (Lipinski definition) is 5. The van der Waals surface area contributed by atoms with Gasteiger partial charge in [0.1, 0.15) is 5.82 Å². The Morgan fingerprint density at radius 1 is 1.25 bits per heavy atom. The summed E-state index contributed by atoms with van der Waals surface area (Å²) in [5, 5.41) is 10.9. The van der Waals surface area contributed by atoms with Gasteiger partial charge in [0, 0.05) is 13.0 Å². The van der Waals surface area contributed by atoms with Crippen LogP contribution >= 0.6 is 11.3 Å². The number of carboxylic acid groups (broad SMARTS) is 1. The van der Waals surface area contributed by atoms with E-state index < -0.39 is 12.1 Å². The van der Waals surface area contributed by atoms with E-state index in [0.29, 0.717) is 25.5 Å². The maximum atomic E-state index is 13.7. The van der Waals surface area contributed by atoms with Crippen LogP contribution < -0.4 is 0 Å². The molecule has 0 saturated carbocycles. The van der Waals surface area contributed by atoms with Gasteiger partial charge in [0.25, 0.3) is 0 Å². The summed E-state index contributed by atoms with van der Waals surface area (Å²) in [6.45, 7) is 6.31. The fraction of sp³-hybridized carbons (Fsp3) is 0.517. The molecule has 0 saturated heterocycles. The summed E-state index contributed by atoms with van der Waals surface area (Å²) in [4.78, 5) is 18.8. The normalized spacial score (nSPS) is 18.6. The Labute approximate surface area is 217 Å². The van der Waals surface area contributed by atoms with Crippen LogP contribution in [0.15, 0.2) is 42.5 Å². The molecule has 1 unspecified atom stereocenters. The predicted octanol–water partition coefficient (Wildman–Crippen LogP) is 6.16. The number of ether oxygens (including phenoxy) is 1. The zero-order chi connectivity index (χ0) is 25.7. The molecule has 0 amide bonds. The average molecular weight is 513 g/mol. The highest BCUT2D eigenvalue weighted by Crippen LogP contribution is 2.41. The van der Waals surface area contributed by atoms with Crippen molar-refractivity contribution in [2.45, 2.75) is 58.0 Å². The Balaban J connectivity index is 1.25. The van der Waals surface area contributed by atoms with Gasteiger partial charge >= 0.3 is 5.97 Å². The zero-order valence-electron chi connectivity index (χ0n) is 21.5. The van der Waals surface area contributed by atoms with Gasteiger partial charge in [0.15, 0.2) is 6.10 Å². The molecule has 2 aromatic carbocycles. The van der Waals surface area contributed by atoms with Crippen LogP contribution in [0.4, 0.5) is 4.39 Å². The SMILES string of the molecule is CC(C)[C@@H]1c2ccc(F)cc2CCC1CO[C@@H](CCN(C)CCCc1nc2ccccc2s1)C(=O)O. The number of thiazole rings is 1. The number of para-hydroxylation sites is 1. The molecule has 1 aliphatic rings. The minimum atomic E-state index is -0.905. The number of rotatable bonds is 12. The van der Waals surface area contributed by atoms with Crippen molar-refractivity contribution >= 4 is 27.5 Å². The summed E-state index contributed by atoms with van der Waals surface area (Å²) >= 11 is 1.74. The van der Waals surface area contributed by atoms with Gasteiger partial charge in [0.05, 0.1) is 21.8 Å². The maximum absolute atomic E-state index is 13.7. The third kappa shape index (κ3) is 6.69. The monoisotopic (exact) mass is 512 g/mol. The number of aliphatic carboxylic acids is 1. The first-order valence-corrected chi connectivity index (χ1v) is 13.8. The maximum Gasteiger partial charge on any atom is 0.332 e. The Bertz CT molecular complexity index is 1130. The highest BCUT2D eigenvalue weighted by Gasteiger charge is 2.33. The van der Waals surface area contributed by atoms with Gasteiger partial charge in [-0.3, -0.25) is 0 Å². The highest BCUT2D eigenvalue weighted by molar-refractivity contribution is 7.18. The summed E-state index contributed by atoms with van der Waals surface area (Å²) in [7, 11) is 2.03. The first-order chi connectivity index (χ1) is 17.3. The molecule has 3 aromatic rings. The first kappa shape index (κ1) is 26.7. The second-order valence-corrected chi connectivity index (χ2v) is 11.5. The fourth-order valence-electron chi connectivity index (χ4n) is 5.48. The molecule has 0 aliphatic heterocycles. The lowest BCUT2D eigenvalue weighted by molar-refractivity contribution is -0.152. The fourth-order valence-corrected chi connectivity index (χ4v) is 6.48. The summed E-state index contributed by atoms with van der Waals surface area (Å²) in [5.74, 6) is -0.253. The summed E-state index contributed by atoms with van der Waals surface area (Å²) in [5.41, 5.74) is 3.32. The van der Waals surface area contributed by atoms with Crippen molar-refractivity contribution in [1.29, 1.82) is 0 Å². The number of nitrogens with zero attached hydrogens (tertiary/aromatic N) is 2. The van der Waals surface area contributed by atoms with Gasteiger partial charge < -0.3 is 14.7 Å². The molecule has 5 nitrogen and oxygen atoms in total. The van der Waals surface area contributed by atoms with Gasteiger partial charge in [-0.1, -0.05) is 32.0 Å². The molecule has 1 heterocycles. The van der Waals surface area contributed by atoms with Gasteiger partial charge in [-0.05, 0) is 92.4 Å².